The number of carbonyl (C=O) groups excluding carboxylic acids is 1. The SMILES string of the molecule is B=C(COc1ccc2c(c1)c1c3c(c4c(c1n2CC)CCc1nn(C)cc1-4)C(=O)NC3)N/C(C(C)=N)=C(\C)O. The number of aliphatic hydroxyl groups excluding tert-OH is 1. The molecule has 0 radical (unpaired) electrons. The summed E-state index contributed by atoms with van der Waals surface area (Å²) < 4.78 is 10.3. The van der Waals surface area contributed by atoms with E-state index in [0.29, 0.717) is 23.6 Å². The molecule has 2 aromatic carbocycles. The van der Waals surface area contributed by atoms with E-state index in [-0.39, 0.29) is 24.0 Å². The molecule has 9 nitrogen and oxygen atoms in total. The van der Waals surface area contributed by atoms with Gasteiger partial charge in [-0.15, -0.1) is 0 Å². The van der Waals surface area contributed by atoms with Crippen LogP contribution in [0, 0.1) is 5.41 Å². The Kier molecular flexibility index (Phi) is 5.86. The Balaban J connectivity index is 1.48. The molecule has 0 unspecified atom stereocenters. The zero-order valence-corrected chi connectivity index (χ0v) is 22.7. The van der Waals surface area contributed by atoms with Crippen molar-refractivity contribution in [1.82, 2.24) is 25.0 Å². The Labute approximate surface area is 227 Å². The Morgan fingerprint density at radius 3 is 2.77 bits per heavy atom. The summed E-state index contributed by atoms with van der Waals surface area (Å²) in [6.45, 7) is 6.73. The Hall–Kier alpha value is -4.34. The van der Waals surface area contributed by atoms with Gasteiger partial charge in [-0.25, -0.2) is 0 Å². The van der Waals surface area contributed by atoms with Crippen LogP contribution >= 0.6 is 0 Å². The first-order chi connectivity index (χ1) is 18.7. The van der Waals surface area contributed by atoms with E-state index in [2.05, 4.69) is 40.8 Å². The van der Waals surface area contributed by atoms with Gasteiger partial charge in [0.05, 0.1) is 0 Å². The molecule has 6 rings (SSSR count). The second-order valence-corrected chi connectivity index (χ2v) is 10.3. The molecule has 0 fully saturated rings. The number of rotatable bonds is 7. The average molecular weight is 522 g/mol. The molecule has 39 heavy (non-hydrogen) atoms. The van der Waals surface area contributed by atoms with Gasteiger partial charge in [-0.05, 0) is 0 Å². The van der Waals surface area contributed by atoms with Crippen molar-refractivity contribution in [2.24, 2.45) is 7.05 Å². The van der Waals surface area contributed by atoms with Crippen molar-refractivity contribution in [3.8, 4) is 16.9 Å². The van der Waals surface area contributed by atoms with Crippen molar-refractivity contribution in [1.29, 1.82) is 5.41 Å². The molecule has 1 aliphatic carbocycles. The van der Waals surface area contributed by atoms with E-state index in [1.54, 1.807) is 6.92 Å². The summed E-state index contributed by atoms with van der Waals surface area (Å²) in [5.74, 6) is 0.671. The fraction of sp³-hybridized carbons (Fsp3) is 0.310. The molecule has 2 aliphatic rings. The van der Waals surface area contributed by atoms with Crippen molar-refractivity contribution in [3.05, 3.63) is 58.2 Å². The second kappa shape index (κ2) is 9.15. The third kappa shape index (κ3) is 3.85. The molecule has 0 spiro atoms. The first-order valence-electron chi connectivity index (χ1n) is 13.2. The maximum atomic E-state index is 13.2. The molecule has 1 aliphatic heterocycles. The first kappa shape index (κ1) is 25.0. The third-order valence-electron chi connectivity index (χ3n) is 7.68. The van der Waals surface area contributed by atoms with Crippen LogP contribution in [0.1, 0.15) is 48.0 Å². The van der Waals surface area contributed by atoms with Gasteiger partial charge in [-0.3, -0.25) is 4.68 Å². The minimum atomic E-state index is -0.0310. The quantitative estimate of drug-likeness (QED) is 0.169. The van der Waals surface area contributed by atoms with Gasteiger partial charge in [0, 0.05) is 7.05 Å². The normalized spacial score (nSPS) is 14.5. The predicted octanol–water partition coefficient (Wildman–Crippen LogP) is 3.39. The minimum absolute atomic E-state index is 0.0243. The Morgan fingerprint density at radius 1 is 1.26 bits per heavy atom. The van der Waals surface area contributed by atoms with Gasteiger partial charge in [0.1, 0.15) is 0 Å². The Bertz CT molecular complexity index is 1770. The number of ether oxygens (including phenoxy) is 1. The third-order valence-corrected chi connectivity index (χ3v) is 7.68. The number of nitrogens with one attached hydrogen (secondary N) is 3. The van der Waals surface area contributed by atoms with Crippen molar-refractivity contribution in [2.45, 2.75) is 46.7 Å². The van der Waals surface area contributed by atoms with Gasteiger partial charge in [0.25, 0.3) is 0 Å². The molecule has 0 bridgehead atoms. The number of aromatic nitrogens is 3. The van der Waals surface area contributed by atoms with Crippen LogP contribution in [0.3, 0.4) is 0 Å². The van der Waals surface area contributed by atoms with E-state index in [4.69, 9.17) is 10.1 Å². The van der Waals surface area contributed by atoms with Gasteiger partial charge in [-0.1, -0.05) is 0 Å². The predicted molar refractivity (Wildman–Crippen MR) is 155 cm³/mol. The van der Waals surface area contributed by atoms with Crippen molar-refractivity contribution in [2.75, 3.05) is 6.61 Å². The van der Waals surface area contributed by atoms with Crippen LogP contribution in [0.5, 0.6) is 5.75 Å². The summed E-state index contributed by atoms with van der Waals surface area (Å²) in [6, 6.07) is 6.07. The first-order valence-corrected chi connectivity index (χ1v) is 13.2. The van der Waals surface area contributed by atoms with Gasteiger partial charge < -0.3 is 0 Å². The summed E-state index contributed by atoms with van der Waals surface area (Å²) in [6.07, 6.45) is 3.70. The van der Waals surface area contributed by atoms with Crippen LogP contribution in [0.2, 0.25) is 0 Å². The number of nitrogens with zero attached hydrogens (tertiary/aromatic N) is 3. The molecule has 0 saturated carbocycles. The van der Waals surface area contributed by atoms with Gasteiger partial charge in [-0.2, -0.15) is 5.10 Å². The molecule has 4 N–H and O–H groups in total. The van der Waals surface area contributed by atoms with Gasteiger partial charge in [0.2, 0.25) is 0 Å². The number of carbonyl (C=O) groups is 1. The van der Waals surface area contributed by atoms with Crippen molar-refractivity contribution in [3.63, 3.8) is 0 Å². The molecule has 0 atom stereocenters. The van der Waals surface area contributed by atoms with E-state index in [9.17, 15) is 9.90 Å². The van der Waals surface area contributed by atoms with Crippen LogP contribution in [0.15, 0.2) is 35.9 Å². The van der Waals surface area contributed by atoms with Crippen molar-refractivity contribution < 1.29 is 14.6 Å². The number of allylic oxidation sites excluding steroid dienone is 2. The molecule has 0 saturated heterocycles. The van der Waals surface area contributed by atoms with Gasteiger partial charge >= 0.3 is 210 Å². The van der Waals surface area contributed by atoms with E-state index in [1.165, 1.54) is 18.0 Å². The summed E-state index contributed by atoms with van der Waals surface area (Å²) in [7, 11) is 5.92. The van der Waals surface area contributed by atoms with Crippen LogP contribution in [-0.2, 0) is 33.0 Å². The number of hydrogen-bond donors (Lipinski definition) is 4. The average Bonchev–Trinajstić information content (AvgIpc) is 3.57. The summed E-state index contributed by atoms with van der Waals surface area (Å²) >= 11 is 0. The zero-order valence-electron chi connectivity index (χ0n) is 22.7. The molecule has 3 heterocycles. The summed E-state index contributed by atoms with van der Waals surface area (Å²) in [5.41, 5.74) is 9.48. The van der Waals surface area contributed by atoms with Crippen LogP contribution in [-0.4, -0.2) is 50.8 Å². The molecule has 4 aromatic rings. The number of aliphatic hydroxyl groups is 1. The molecular weight excluding hydrogens is 491 g/mol. The molecule has 2 aromatic heterocycles. The maximum absolute atomic E-state index is 13.2. The Morgan fingerprint density at radius 2 is 2.05 bits per heavy atom. The van der Waals surface area contributed by atoms with E-state index >= 15 is 0 Å². The number of aryl methyl sites for hydroxylation is 4. The van der Waals surface area contributed by atoms with Crippen LogP contribution in [0.4, 0.5) is 0 Å². The summed E-state index contributed by atoms with van der Waals surface area (Å²) in [4.78, 5) is 13.2. The molecule has 1 amide bonds. The van der Waals surface area contributed by atoms with Crippen molar-refractivity contribution >= 4 is 46.5 Å². The number of fused-ring (bicyclic) bond motifs is 10. The topological polar surface area (TPSA) is 117 Å². The monoisotopic (exact) mass is 522 g/mol. The fourth-order valence-electron chi connectivity index (χ4n) is 6.15. The zero-order chi connectivity index (χ0) is 27.6. The van der Waals surface area contributed by atoms with Crippen LogP contribution < -0.4 is 15.4 Å². The second-order valence-electron chi connectivity index (χ2n) is 10.3. The number of amides is 1. The van der Waals surface area contributed by atoms with Crippen LogP contribution in [0.25, 0.3) is 32.9 Å². The molecule has 10 heteroatoms. The van der Waals surface area contributed by atoms with E-state index in [1.807, 2.05) is 30.1 Å². The molecular formula is C29H31BN6O3. The van der Waals surface area contributed by atoms with E-state index in [0.717, 1.165) is 63.6 Å². The number of hydrogen-bond acceptors (Lipinski definition) is 6. The standard InChI is InChI=1S/C29H31BN6O3/c1-5-36-22-9-6-16(39-13-23(30)33-27(14(2)31)15(3)37)10-18(22)25-19-11-32-29(38)26(19)24-17(28(25)36)7-8-21-20(24)12-35(4)34-21/h6,9-10,12,30-31,33,37H,5,7-8,11,13H2,1-4H3,(H,32,38)/b27-15+,31-14?. The summed E-state index contributed by atoms with van der Waals surface area (Å²) in [5, 5.41) is 30.6. The molecule has 198 valence electrons. The number of benzene rings is 2. The van der Waals surface area contributed by atoms with Gasteiger partial charge in [0.15, 0.2) is 0 Å². The fourth-order valence-corrected chi connectivity index (χ4v) is 6.15. The van der Waals surface area contributed by atoms with E-state index < -0.39 is 0 Å².